The van der Waals surface area contributed by atoms with Crippen LogP contribution in [0.15, 0.2) is 41.8 Å². The molecule has 1 aromatic carbocycles. The quantitative estimate of drug-likeness (QED) is 0.427. The van der Waals surface area contributed by atoms with E-state index in [1.807, 2.05) is 12.1 Å². The van der Waals surface area contributed by atoms with Crippen molar-refractivity contribution in [1.29, 1.82) is 0 Å². The molecule has 1 aromatic rings. The van der Waals surface area contributed by atoms with Gasteiger partial charge >= 0.3 is 0 Å². The Morgan fingerprint density at radius 3 is 2.56 bits per heavy atom. The molecular weight excluding hydrogens is 204 g/mol. The highest BCUT2D eigenvalue weighted by molar-refractivity contribution is 5.54. The Morgan fingerprint density at radius 2 is 1.94 bits per heavy atom. The topological polar surface area (TPSA) is 92.5 Å². The van der Waals surface area contributed by atoms with Crippen LogP contribution in [0.4, 0.5) is 5.69 Å². The Labute approximate surface area is 93.5 Å². The van der Waals surface area contributed by atoms with E-state index in [2.05, 4.69) is 0 Å². The number of aliphatic hydroxyl groups excluding tert-OH is 1. The SMILES string of the molecule is NC1=C(O)CC(c2ccc(N)c(O)c2)C=C1. The zero-order valence-corrected chi connectivity index (χ0v) is 8.72. The average molecular weight is 218 g/mol. The second-order valence-corrected chi connectivity index (χ2v) is 3.89. The van der Waals surface area contributed by atoms with Gasteiger partial charge in [0, 0.05) is 12.3 Å². The Kier molecular flexibility index (Phi) is 2.48. The summed E-state index contributed by atoms with van der Waals surface area (Å²) in [4.78, 5) is 0. The Hall–Kier alpha value is -2.10. The van der Waals surface area contributed by atoms with Gasteiger partial charge in [0.25, 0.3) is 0 Å². The van der Waals surface area contributed by atoms with E-state index in [0.29, 0.717) is 17.8 Å². The van der Waals surface area contributed by atoms with Crippen LogP contribution in [0.3, 0.4) is 0 Å². The normalized spacial score (nSPS) is 20.1. The molecule has 1 atom stereocenters. The molecule has 0 saturated carbocycles. The minimum Gasteiger partial charge on any atom is -0.510 e. The minimum atomic E-state index is 0.0267. The lowest BCUT2D eigenvalue weighted by Gasteiger charge is -2.18. The van der Waals surface area contributed by atoms with Gasteiger partial charge in [0.1, 0.15) is 11.5 Å². The molecule has 0 bridgehead atoms. The number of nitrogens with two attached hydrogens (primary N) is 2. The summed E-state index contributed by atoms with van der Waals surface area (Å²) in [5.74, 6) is 0.274. The van der Waals surface area contributed by atoms with Crippen LogP contribution in [0.25, 0.3) is 0 Å². The van der Waals surface area contributed by atoms with Gasteiger partial charge in [-0.05, 0) is 23.8 Å². The predicted molar refractivity (Wildman–Crippen MR) is 62.9 cm³/mol. The van der Waals surface area contributed by atoms with Gasteiger partial charge in [-0.1, -0.05) is 12.1 Å². The maximum Gasteiger partial charge on any atom is 0.138 e. The van der Waals surface area contributed by atoms with E-state index in [9.17, 15) is 10.2 Å². The highest BCUT2D eigenvalue weighted by atomic mass is 16.3. The average Bonchev–Trinajstić information content (AvgIpc) is 2.26. The number of phenolic OH excluding ortho intramolecular Hbond substituents is 1. The molecule has 0 radical (unpaired) electrons. The van der Waals surface area contributed by atoms with Gasteiger partial charge in [-0.2, -0.15) is 0 Å². The number of allylic oxidation sites excluding steroid dienone is 3. The van der Waals surface area contributed by atoms with Crippen molar-refractivity contribution in [3.05, 3.63) is 47.4 Å². The number of benzene rings is 1. The van der Waals surface area contributed by atoms with Crippen LogP contribution >= 0.6 is 0 Å². The van der Waals surface area contributed by atoms with Gasteiger partial charge in [-0.15, -0.1) is 0 Å². The van der Waals surface area contributed by atoms with E-state index in [0.717, 1.165) is 5.56 Å². The maximum atomic E-state index is 9.55. The van der Waals surface area contributed by atoms with Crippen molar-refractivity contribution in [2.24, 2.45) is 5.73 Å². The molecule has 2 rings (SSSR count). The van der Waals surface area contributed by atoms with Gasteiger partial charge in [0.05, 0.1) is 11.4 Å². The number of nitrogen functional groups attached to an aromatic ring is 1. The molecule has 6 N–H and O–H groups in total. The van der Waals surface area contributed by atoms with E-state index in [-0.39, 0.29) is 17.4 Å². The van der Waals surface area contributed by atoms with E-state index >= 15 is 0 Å². The second-order valence-electron chi connectivity index (χ2n) is 3.89. The molecule has 0 aliphatic heterocycles. The molecule has 4 nitrogen and oxygen atoms in total. The number of hydrogen-bond donors (Lipinski definition) is 4. The second kappa shape index (κ2) is 3.81. The fraction of sp³-hybridized carbons (Fsp3) is 0.167. The number of aliphatic hydroxyl groups is 1. The summed E-state index contributed by atoms with van der Waals surface area (Å²) >= 11 is 0. The summed E-state index contributed by atoms with van der Waals surface area (Å²) in [5, 5.41) is 19.0. The number of hydrogen-bond acceptors (Lipinski definition) is 4. The number of aromatic hydroxyl groups is 1. The Bertz CT molecular complexity index is 478. The van der Waals surface area contributed by atoms with E-state index in [1.54, 1.807) is 18.2 Å². The molecule has 1 aliphatic carbocycles. The molecule has 0 aromatic heterocycles. The lowest BCUT2D eigenvalue weighted by molar-refractivity contribution is 0.373. The van der Waals surface area contributed by atoms with Crippen molar-refractivity contribution in [1.82, 2.24) is 0 Å². The third-order valence-electron chi connectivity index (χ3n) is 2.74. The predicted octanol–water partition coefficient (Wildman–Crippen LogP) is 1.75. The highest BCUT2D eigenvalue weighted by Crippen LogP contribution is 2.32. The van der Waals surface area contributed by atoms with Gasteiger partial charge in [0.2, 0.25) is 0 Å². The zero-order valence-electron chi connectivity index (χ0n) is 8.72. The molecule has 0 heterocycles. The monoisotopic (exact) mass is 218 g/mol. The van der Waals surface area contributed by atoms with Gasteiger partial charge in [-0.3, -0.25) is 0 Å². The van der Waals surface area contributed by atoms with Crippen LogP contribution in [0, 0.1) is 0 Å². The molecule has 0 saturated heterocycles. The fourth-order valence-corrected chi connectivity index (χ4v) is 1.73. The Morgan fingerprint density at radius 1 is 1.19 bits per heavy atom. The van der Waals surface area contributed by atoms with Crippen LogP contribution in [0.1, 0.15) is 17.9 Å². The molecule has 1 aliphatic rings. The largest absolute Gasteiger partial charge is 0.510 e. The lowest BCUT2D eigenvalue weighted by atomic mass is 9.90. The number of rotatable bonds is 1. The van der Waals surface area contributed by atoms with E-state index < -0.39 is 0 Å². The van der Waals surface area contributed by atoms with Crippen molar-refractivity contribution in [2.75, 3.05) is 5.73 Å². The lowest BCUT2D eigenvalue weighted by Crippen LogP contribution is -2.09. The van der Waals surface area contributed by atoms with Crippen molar-refractivity contribution in [3.8, 4) is 5.75 Å². The van der Waals surface area contributed by atoms with Crippen molar-refractivity contribution in [2.45, 2.75) is 12.3 Å². The highest BCUT2D eigenvalue weighted by Gasteiger charge is 2.16. The number of anilines is 1. The smallest absolute Gasteiger partial charge is 0.138 e. The third-order valence-corrected chi connectivity index (χ3v) is 2.74. The molecule has 16 heavy (non-hydrogen) atoms. The van der Waals surface area contributed by atoms with E-state index in [4.69, 9.17) is 11.5 Å². The summed E-state index contributed by atoms with van der Waals surface area (Å²) in [7, 11) is 0. The van der Waals surface area contributed by atoms with Crippen molar-refractivity contribution < 1.29 is 10.2 Å². The first-order valence-corrected chi connectivity index (χ1v) is 5.02. The summed E-state index contributed by atoms with van der Waals surface area (Å²) in [5.41, 5.74) is 12.7. The molecular formula is C12H14N2O2. The van der Waals surface area contributed by atoms with Crippen LogP contribution < -0.4 is 11.5 Å². The van der Waals surface area contributed by atoms with Gasteiger partial charge in [0.15, 0.2) is 0 Å². The molecule has 0 fully saturated rings. The first kappa shape index (κ1) is 10.4. The molecule has 0 amide bonds. The number of phenols is 1. The van der Waals surface area contributed by atoms with Crippen LogP contribution in [-0.4, -0.2) is 10.2 Å². The fourth-order valence-electron chi connectivity index (χ4n) is 1.73. The standard InChI is InChI=1S/C12H14N2O2/c13-9-3-1-7(5-11(9)15)8-2-4-10(14)12(16)6-8/h1-5,8,15-16H,6,13-14H2. The van der Waals surface area contributed by atoms with E-state index in [1.165, 1.54) is 0 Å². The third kappa shape index (κ3) is 1.82. The zero-order chi connectivity index (χ0) is 11.7. The van der Waals surface area contributed by atoms with Crippen LogP contribution in [-0.2, 0) is 0 Å². The molecule has 1 unspecified atom stereocenters. The van der Waals surface area contributed by atoms with Crippen molar-refractivity contribution >= 4 is 5.69 Å². The maximum absolute atomic E-state index is 9.55. The summed E-state index contributed by atoms with van der Waals surface area (Å²) in [6.45, 7) is 0. The van der Waals surface area contributed by atoms with Gasteiger partial charge < -0.3 is 21.7 Å². The summed E-state index contributed by atoms with van der Waals surface area (Å²) < 4.78 is 0. The first-order chi connectivity index (χ1) is 7.58. The van der Waals surface area contributed by atoms with Gasteiger partial charge in [-0.25, -0.2) is 0 Å². The van der Waals surface area contributed by atoms with Crippen molar-refractivity contribution in [3.63, 3.8) is 0 Å². The summed E-state index contributed by atoms with van der Waals surface area (Å²) in [6.07, 6.45) is 4.03. The summed E-state index contributed by atoms with van der Waals surface area (Å²) in [6, 6.07) is 5.09. The minimum absolute atomic E-state index is 0.0267. The van der Waals surface area contributed by atoms with Crippen LogP contribution in [0.5, 0.6) is 5.75 Å². The first-order valence-electron chi connectivity index (χ1n) is 5.02. The Balaban J connectivity index is 2.28. The molecule has 84 valence electrons. The van der Waals surface area contributed by atoms with Crippen LogP contribution in [0.2, 0.25) is 0 Å². The molecule has 0 spiro atoms. The molecule has 4 heteroatoms.